The third-order valence-corrected chi connectivity index (χ3v) is 1.72. The van der Waals surface area contributed by atoms with Crippen LogP contribution in [0.5, 0.6) is 5.75 Å². The molecule has 1 rings (SSSR count). The Bertz CT molecular complexity index is 522. The van der Waals surface area contributed by atoms with Crippen molar-refractivity contribution in [3.63, 3.8) is 0 Å². The summed E-state index contributed by atoms with van der Waals surface area (Å²) in [6, 6.07) is 4.39. The summed E-state index contributed by atoms with van der Waals surface area (Å²) in [4.78, 5) is 50.7. The van der Waals surface area contributed by atoms with Crippen LogP contribution < -0.4 is 73.4 Å². The first-order chi connectivity index (χ1) is 8.38. The Morgan fingerprint density at radius 2 is 1.07 bits per heavy atom. The Balaban J connectivity index is -0.0000000324. The Morgan fingerprint density at radius 3 is 1.26 bits per heavy atom. The number of nitro benzene ring substituents is 1. The van der Waals surface area contributed by atoms with Gasteiger partial charge in [-0.05, 0) is 12.1 Å². The fraction of sp³-hybridized carbons (Fsp3) is 0. The van der Waals surface area contributed by atoms with E-state index < -0.39 is 20.6 Å². The summed E-state index contributed by atoms with van der Waals surface area (Å²) in [6.45, 7) is 0. The number of hydrogen-bond acceptors (Lipinski definition) is 7. The maximum absolute atomic E-state index is 10.4. The molecule has 0 aliphatic carbocycles. The molecule has 17 nitrogen and oxygen atoms in total. The van der Waals surface area contributed by atoms with Crippen LogP contribution in [0.25, 0.3) is 0 Å². The molecular weight excluding hydrogens is 450 g/mol. The zero-order chi connectivity index (χ0) is 15.3. The topological polar surface area (TPSA) is 382 Å². The van der Waals surface area contributed by atoms with Crippen molar-refractivity contribution in [3.8, 4) is 5.75 Å². The first-order valence-electron chi connectivity index (χ1n) is 4.13. The predicted octanol–water partition coefficient (Wildman–Crippen LogP) is -12.1. The summed E-state index contributed by atoms with van der Waals surface area (Å²) in [6.07, 6.45) is 0. The van der Waals surface area contributed by atoms with Gasteiger partial charge in [0.05, 0.1) is 12.7 Å². The molecule has 1 aromatic carbocycles. The van der Waals surface area contributed by atoms with Gasteiger partial charge in [-0.3, -0.25) is 19.9 Å². The van der Waals surface area contributed by atoms with E-state index in [0.717, 1.165) is 24.3 Å². The fourth-order valence-corrected chi connectivity index (χ4v) is 1.16. The van der Waals surface area contributed by atoms with Crippen molar-refractivity contribution in [3.05, 3.63) is 34.4 Å². The summed E-state index contributed by atoms with van der Waals surface area (Å²) < 4.78 is 23.2. The number of hydrogen-bond donors (Lipinski definition) is 3. The second kappa shape index (κ2) is 24.5. The maximum Gasteiger partial charge on any atom is 1.00 e. The van der Waals surface area contributed by atoms with E-state index in [-0.39, 0.29) is 103 Å². The Kier molecular flexibility index (Phi) is 51.1. The van der Waals surface area contributed by atoms with Crippen molar-refractivity contribution < 1.29 is 135 Å². The van der Waals surface area contributed by atoms with Crippen molar-refractivity contribution >= 4 is 21.3 Å². The van der Waals surface area contributed by atoms with Crippen LogP contribution in [0.2, 0.25) is 0 Å². The number of non-ortho nitro benzene ring substituents is 1. The van der Waals surface area contributed by atoms with Gasteiger partial charge in [0.1, 0.15) is 5.75 Å². The minimum absolute atomic E-state index is 0. The number of nitro groups is 1. The molecule has 0 heterocycles. The van der Waals surface area contributed by atoms with E-state index in [4.69, 9.17) is 29.0 Å². The Labute approximate surface area is 195 Å². The van der Waals surface area contributed by atoms with E-state index in [9.17, 15) is 14.7 Å². The van der Waals surface area contributed by atoms with Crippen molar-refractivity contribution in [2.45, 2.75) is 0 Å². The largest absolute Gasteiger partial charge is 1.00 e. The van der Waals surface area contributed by atoms with Crippen molar-refractivity contribution in [2.24, 2.45) is 0 Å². The van der Waals surface area contributed by atoms with Crippen LogP contribution in [0, 0.1) is 10.1 Å². The van der Waals surface area contributed by atoms with Crippen molar-refractivity contribution in [1.82, 2.24) is 0 Å². The molecule has 0 saturated heterocycles. The SMILES string of the molecule is O.O.O.O.O.O.O=P([O-])([O-])O.O=[N+]([O-])c1ccc(OP(=O)(O)O)cc1.[Na+].[Na+]. The van der Waals surface area contributed by atoms with E-state index in [1.807, 2.05) is 0 Å². The molecule has 0 saturated carbocycles. The number of nitrogens with zero attached hydrogens (tertiary/aromatic N) is 1. The minimum atomic E-state index is -5.14. The molecule has 156 valence electrons. The summed E-state index contributed by atoms with van der Waals surface area (Å²) in [7, 11) is -9.74. The standard InChI is InChI=1S/C6H6NO6P.2Na.H3O4P.6H2O/c8-7(9)5-1-3-6(4-2-5)13-14(10,11)12;;;1-5(2,3)4;;;;;;/h1-4H,(H2,10,11,12);;;(H3,1,2,3,4);6*1H2/q;2*+1;;;;;;;/p-2. The van der Waals surface area contributed by atoms with E-state index in [2.05, 4.69) is 4.52 Å². The molecule has 0 radical (unpaired) electrons. The van der Waals surface area contributed by atoms with Crippen molar-refractivity contribution in [1.29, 1.82) is 0 Å². The quantitative estimate of drug-likeness (QED) is 0.162. The molecule has 27 heavy (non-hydrogen) atoms. The first-order valence-corrected chi connectivity index (χ1v) is 7.15. The molecule has 0 spiro atoms. The molecular formula is C6H19NNa2O16P2. The molecule has 0 aliphatic heterocycles. The van der Waals surface area contributed by atoms with E-state index in [0.29, 0.717) is 0 Å². The van der Waals surface area contributed by atoms with Crippen LogP contribution in [0.15, 0.2) is 24.3 Å². The van der Waals surface area contributed by atoms with Gasteiger partial charge < -0.3 is 56.6 Å². The van der Waals surface area contributed by atoms with Crippen LogP contribution in [0.4, 0.5) is 5.69 Å². The van der Waals surface area contributed by atoms with Gasteiger partial charge >= 0.3 is 66.9 Å². The monoisotopic (exact) mass is 469 g/mol. The van der Waals surface area contributed by atoms with E-state index in [1.54, 1.807) is 0 Å². The van der Waals surface area contributed by atoms with Crippen LogP contribution in [-0.4, -0.2) is 52.5 Å². The number of phosphoric ester groups is 1. The summed E-state index contributed by atoms with van der Waals surface area (Å²) >= 11 is 0. The summed E-state index contributed by atoms with van der Waals surface area (Å²) in [5, 5.41) is 10.2. The van der Waals surface area contributed by atoms with Gasteiger partial charge in [0, 0.05) is 12.1 Å². The zero-order valence-corrected chi connectivity index (χ0v) is 19.6. The number of benzene rings is 1. The Morgan fingerprint density at radius 1 is 0.815 bits per heavy atom. The van der Waals surface area contributed by atoms with Gasteiger partial charge in [0.15, 0.2) is 0 Å². The summed E-state index contributed by atoms with van der Waals surface area (Å²) in [5.41, 5.74) is -0.178. The van der Waals surface area contributed by atoms with Gasteiger partial charge in [-0.25, -0.2) is 4.57 Å². The third-order valence-electron chi connectivity index (χ3n) is 1.27. The van der Waals surface area contributed by atoms with Gasteiger partial charge in [-0.15, -0.1) is 0 Å². The van der Waals surface area contributed by atoms with E-state index >= 15 is 0 Å². The third kappa shape index (κ3) is 41.8. The molecule has 0 fully saturated rings. The average Bonchev–Trinajstić information content (AvgIpc) is 2.12. The molecule has 21 heteroatoms. The molecule has 15 N–H and O–H groups in total. The zero-order valence-electron chi connectivity index (χ0n) is 13.9. The second-order valence-electron chi connectivity index (χ2n) is 2.80. The van der Waals surface area contributed by atoms with Crippen LogP contribution in [-0.2, 0) is 9.13 Å². The first kappa shape index (κ1) is 56.4. The summed E-state index contributed by atoms with van der Waals surface area (Å²) in [5.74, 6) is -0.121. The molecule has 1 aromatic rings. The van der Waals surface area contributed by atoms with E-state index in [1.165, 1.54) is 0 Å². The van der Waals surface area contributed by atoms with Crippen molar-refractivity contribution in [2.75, 3.05) is 0 Å². The van der Waals surface area contributed by atoms with Crippen LogP contribution in [0.1, 0.15) is 0 Å². The van der Waals surface area contributed by atoms with Gasteiger partial charge in [0.25, 0.3) is 5.69 Å². The van der Waals surface area contributed by atoms with Gasteiger partial charge in [-0.1, -0.05) is 0 Å². The fourth-order valence-electron chi connectivity index (χ4n) is 0.766. The van der Waals surface area contributed by atoms with Crippen LogP contribution >= 0.6 is 15.6 Å². The molecule has 0 aliphatic rings. The average molecular weight is 469 g/mol. The number of rotatable bonds is 3. The second-order valence-corrected chi connectivity index (χ2v) is 4.90. The smallest absolute Gasteiger partial charge is 0.790 e. The predicted molar refractivity (Wildman–Crippen MR) is 77.3 cm³/mol. The van der Waals surface area contributed by atoms with Gasteiger partial charge in [-0.2, -0.15) is 0 Å². The number of phosphoric acid groups is 2. The molecule has 0 amide bonds. The van der Waals surface area contributed by atoms with Crippen LogP contribution in [0.3, 0.4) is 0 Å². The minimum Gasteiger partial charge on any atom is -0.790 e. The van der Waals surface area contributed by atoms with Gasteiger partial charge in [0.2, 0.25) is 0 Å². The molecule has 0 bridgehead atoms. The molecule has 0 unspecified atom stereocenters. The molecule has 0 aromatic heterocycles. The Hall–Kier alpha value is 0.440. The normalized spacial score (nSPS) is 7.89. The maximum atomic E-state index is 10.4. The molecule has 0 atom stereocenters.